The van der Waals surface area contributed by atoms with Gasteiger partial charge in [-0.3, -0.25) is 0 Å². The summed E-state index contributed by atoms with van der Waals surface area (Å²) < 4.78 is 0. The maximum atomic E-state index is 4.22. The number of halogens is 1. The molecule has 26 heavy (non-hydrogen) atoms. The van der Waals surface area contributed by atoms with Crippen molar-refractivity contribution in [1.29, 1.82) is 0 Å². The number of hydrogen-bond acceptors (Lipinski definition) is 4. The average Bonchev–Trinajstić information content (AvgIpc) is 2.67. The highest BCUT2D eigenvalue weighted by molar-refractivity contribution is 8.12. The van der Waals surface area contributed by atoms with Gasteiger partial charge in [0.05, 0.1) is 6.21 Å². The average molecular weight is 476 g/mol. The molecule has 0 unspecified atom stereocenters. The minimum atomic E-state index is 0. The number of nitrogens with two attached hydrogens (primary N) is 1. The summed E-state index contributed by atoms with van der Waals surface area (Å²) in [6.07, 6.45) is 13.1. The molecule has 0 saturated carbocycles. The van der Waals surface area contributed by atoms with Crippen molar-refractivity contribution in [2.24, 2.45) is 15.3 Å². The van der Waals surface area contributed by atoms with Crippen LogP contribution in [-0.4, -0.2) is 23.9 Å². The fourth-order valence-electron chi connectivity index (χ4n) is 1.84. The van der Waals surface area contributed by atoms with E-state index >= 15 is 0 Å². The molecule has 0 spiro atoms. The second-order valence-corrected chi connectivity index (χ2v) is 5.70. The van der Waals surface area contributed by atoms with E-state index in [9.17, 15) is 0 Å². The van der Waals surface area contributed by atoms with Gasteiger partial charge in [0.1, 0.15) is 0 Å². The van der Waals surface area contributed by atoms with Crippen LogP contribution < -0.4 is 29.4 Å². The van der Waals surface area contributed by atoms with Crippen LogP contribution in [-0.2, 0) is 0 Å². The third-order valence-electron chi connectivity index (χ3n) is 3.05. The van der Waals surface area contributed by atoms with Crippen LogP contribution in [0.15, 0.2) is 88.1 Å². The Bertz CT molecular complexity index is 769. The number of quaternary nitrogens is 1. The van der Waals surface area contributed by atoms with E-state index in [0.717, 1.165) is 16.3 Å². The van der Waals surface area contributed by atoms with E-state index in [1.54, 1.807) is 17.9 Å². The zero-order valence-electron chi connectivity index (χ0n) is 14.4. The van der Waals surface area contributed by atoms with E-state index < -0.39 is 0 Å². The predicted molar refractivity (Wildman–Crippen MR) is 111 cm³/mol. The first-order valence-electron chi connectivity index (χ1n) is 7.83. The molecule has 6 heteroatoms. The van der Waals surface area contributed by atoms with Gasteiger partial charge in [-0.05, 0) is 41.3 Å². The Morgan fingerprint density at radius 2 is 1.38 bits per heavy atom. The molecule has 2 aromatic carbocycles. The molecule has 2 aromatic rings. The van der Waals surface area contributed by atoms with Crippen molar-refractivity contribution in [3.05, 3.63) is 83.9 Å². The van der Waals surface area contributed by atoms with E-state index in [1.165, 1.54) is 11.8 Å². The number of allylic oxidation sites excluding steroid dienone is 2. The quantitative estimate of drug-likeness (QED) is 0.215. The molecule has 0 atom stereocenters. The molecular formula is C20H21IN4S. The highest BCUT2D eigenvalue weighted by atomic mass is 127. The molecule has 0 radical (unpaired) electrons. The number of nitrogens with zero attached hydrogens (tertiary/aromatic N) is 3. The van der Waals surface area contributed by atoms with Crippen LogP contribution in [0, 0.1) is 0 Å². The molecule has 0 aliphatic carbocycles. The monoisotopic (exact) mass is 476 g/mol. The first-order chi connectivity index (χ1) is 12.4. The van der Waals surface area contributed by atoms with Crippen LogP contribution in [0.5, 0.6) is 0 Å². The molecule has 0 aliphatic heterocycles. The van der Waals surface area contributed by atoms with Crippen molar-refractivity contribution in [3.8, 4) is 0 Å². The Labute approximate surface area is 175 Å². The Hall–Kier alpha value is -2.03. The van der Waals surface area contributed by atoms with Gasteiger partial charge >= 0.3 is 5.17 Å². The van der Waals surface area contributed by atoms with Crippen molar-refractivity contribution in [1.82, 2.24) is 0 Å². The molecule has 0 aliphatic rings. The summed E-state index contributed by atoms with van der Waals surface area (Å²) in [7, 11) is 0. The number of thioether (sulfide) groups is 1. The standard InChI is InChI=1S/C20H20N4S.HI/c1-25-20(23-21-16-8-14-18-10-4-2-5-11-18)24-22-17-9-15-19-12-6-3-7-13-19;/h2-17H,1H3,(H,23,24);1H. The summed E-state index contributed by atoms with van der Waals surface area (Å²) >= 11 is 1.50. The Morgan fingerprint density at radius 1 is 0.846 bits per heavy atom. The van der Waals surface area contributed by atoms with Crippen molar-refractivity contribution in [2.45, 2.75) is 0 Å². The SMILES string of the molecule is CS/C(=N/N=CC=Cc1ccccc1)[NH2+]N=CC=Cc1ccccc1.[I-]. The molecule has 0 aromatic heterocycles. The normalized spacial score (nSPS) is 12.4. The van der Waals surface area contributed by atoms with Gasteiger partial charge in [-0.25, -0.2) is 0 Å². The molecule has 0 heterocycles. The van der Waals surface area contributed by atoms with Crippen molar-refractivity contribution < 1.29 is 29.4 Å². The van der Waals surface area contributed by atoms with E-state index in [0.29, 0.717) is 0 Å². The lowest BCUT2D eigenvalue weighted by molar-refractivity contribution is -0.539. The minimum absolute atomic E-state index is 0. The van der Waals surface area contributed by atoms with Gasteiger partial charge in [0.25, 0.3) is 0 Å². The van der Waals surface area contributed by atoms with Crippen molar-refractivity contribution in [3.63, 3.8) is 0 Å². The smallest absolute Gasteiger partial charge is 0.305 e. The fourth-order valence-corrected chi connectivity index (χ4v) is 2.14. The first-order valence-corrected chi connectivity index (χ1v) is 9.06. The number of rotatable bonds is 6. The van der Waals surface area contributed by atoms with Crippen molar-refractivity contribution >= 4 is 41.5 Å². The van der Waals surface area contributed by atoms with Crippen LogP contribution in [0.3, 0.4) is 0 Å². The first kappa shape index (κ1) is 22.0. The fraction of sp³-hybridized carbons (Fsp3) is 0.0500. The third kappa shape index (κ3) is 9.45. The number of amidine groups is 1. The van der Waals surface area contributed by atoms with Gasteiger partial charge in [0, 0.05) is 6.21 Å². The van der Waals surface area contributed by atoms with Gasteiger partial charge in [-0.1, -0.05) is 83.0 Å². The molecule has 0 saturated heterocycles. The molecule has 4 nitrogen and oxygen atoms in total. The summed E-state index contributed by atoms with van der Waals surface area (Å²) in [6, 6.07) is 20.2. The maximum Gasteiger partial charge on any atom is 0.305 e. The molecule has 0 bridgehead atoms. The Kier molecular flexibility index (Phi) is 12.0. The topological polar surface area (TPSA) is 53.7 Å². The summed E-state index contributed by atoms with van der Waals surface area (Å²) in [5.41, 5.74) is 3.96. The second kappa shape index (κ2) is 14.2. The van der Waals surface area contributed by atoms with E-state index in [2.05, 4.69) is 15.3 Å². The second-order valence-electron chi connectivity index (χ2n) is 4.87. The van der Waals surface area contributed by atoms with E-state index in [-0.39, 0.29) is 24.0 Å². The minimum Gasteiger partial charge on any atom is -1.00 e. The Balaban J connectivity index is 0.00000338. The number of benzene rings is 2. The third-order valence-corrected chi connectivity index (χ3v) is 3.66. The largest absolute Gasteiger partial charge is 1.00 e. The summed E-state index contributed by atoms with van der Waals surface area (Å²) in [5, 5.41) is 13.1. The highest BCUT2D eigenvalue weighted by Gasteiger charge is 1.97. The predicted octanol–water partition coefficient (Wildman–Crippen LogP) is 0.671. The lowest BCUT2D eigenvalue weighted by Crippen LogP contribution is -3.00. The highest BCUT2D eigenvalue weighted by Crippen LogP contribution is 2.00. The molecule has 134 valence electrons. The van der Waals surface area contributed by atoms with Crippen LogP contribution in [0.2, 0.25) is 0 Å². The zero-order chi connectivity index (χ0) is 17.6. The van der Waals surface area contributed by atoms with Crippen LogP contribution >= 0.6 is 11.8 Å². The van der Waals surface area contributed by atoms with Gasteiger partial charge in [0.15, 0.2) is 0 Å². The van der Waals surface area contributed by atoms with Gasteiger partial charge in [-0.2, -0.15) is 10.5 Å². The summed E-state index contributed by atoms with van der Waals surface area (Å²) in [4.78, 5) is 0. The van der Waals surface area contributed by atoms with Crippen LogP contribution in [0.4, 0.5) is 0 Å². The lowest BCUT2D eigenvalue weighted by atomic mass is 10.2. The number of hydrogen-bond donors (Lipinski definition) is 1. The van der Waals surface area contributed by atoms with Crippen molar-refractivity contribution in [2.75, 3.05) is 6.26 Å². The van der Waals surface area contributed by atoms with Gasteiger partial charge < -0.3 is 24.0 Å². The van der Waals surface area contributed by atoms with Gasteiger partial charge in [-0.15, -0.1) is 0 Å². The van der Waals surface area contributed by atoms with Crippen LogP contribution in [0.1, 0.15) is 11.1 Å². The molecule has 0 amide bonds. The zero-order valence-corrected chi connectivity index (χ0v) is 17.4. The molecular weight excluding hydrogens is 455 g/mol. The summed E-state index contributed by atoms with van der Waals surface area (Å²) in [5.74, 6) is 0. The Morgan fingerprint density at radius 3 is 1.92 bits per heavy atom. The van der Waals surface area contributed by atoms with Gasteiger partial charge in [0.2, 0.25) is 0 Å². The summed E-state index contributed by atoms with van der Waals surface area (Å²) in [6.45, 7) is 0. The van der Waals surface area contributed by atoms with E-state index in [1.807, 2.05) is 91.2 Å². The lowest BCUT2D eigenvalue weighted by Gasteiger charge is -1.91. The van der Waals surface area contributed by atoms with E-state index in [4.69, 9.17) is 0 Å². The molecule has 2 rings (SSSR count). The molecule has 0 fully saturated rings. The molecule has 2 N–H and O–H groups in total. The maximum absolute atomic E-state index is 4.22. The van der Waals surface area contributed by atoms with Crippen LogP contribution in [0.25, 0.3) is 12.2 Å².